The highest BCUT2D eigenvalue weighted by Gasteiger charge is 2.04. The molecule has 0 saturated carbocycles. The van der Waals surface area contributed by atoms with Crippen LogP contribution in [0.4, 0.5) is 0 Å². The van der Waals surface area contributed by atoms with E-state index in [2.05, 4.69) is 0 Å². The van der Waals surface area contributed by atoms with E-state index in [-0.39, 0.29) is 12.3 Å². The first-order valence-corrected chi connectivity index (χ1v) is 2.89. The lowest BCUT2D eigenvalue weighted by Crippen LogP contribution is -2.18. The van der Waals surface area contributed by atoms with Crippen molar-refractivity contribution in [3.63, 3.8) is 0 Å². The number of hydrogen-bond acceptors (Lipinski definition) is 2. The summed E-state index contributed by atoms with van der Waals surface area (Å²) in [7, 11) is 0. The third kappa shape index (κ3) is 3.70. The Balaban J connectivity index is 3.64. The summed E-state index contributed by atoms with van der Waals surface area (Å²) in [5.74, 6) is -0.286. The average Bonchev–Trinajstić information content (AvgIpc) is 1.63. The SMILES string of the molecule is CC(C)C(=N)CC(N)=O. The lowest BCUT2D eigenvalue weighted by molar-refractivity contribution is -0.116. The summed E-state index contributed by atoms with van der Waals surface area (Å²) in [6, 6.07) is 0. The van der Waals surface area contributed by atoms with Crippen LogP contribution in [-0.2, 0) is 4.79 Å². The van der Waals surface area contributed by atoms with E-state index in [1.54, 1.807) is 0 Å². The van der Waals surface area contributed by atoms with E-state index in [0.717, 1.165) is 0 Å². The minimum absolute atomic E-state index is 0.0949. The van der Waals surface area contributed by atoms with Gasteiger partial charge in [-0.05, 0) is 5.92 Å². The van der Waals surface area contributed by atoms with E-state index >= 15 is 0 Å². The smallest absolute Gasteiger partial charge is 0.223 e. The Morgan fingerprint density at radius 2 is 2.11 bits per heavy atom. The minimum atomic E-state index is -0.422. The van der Waals surface area contributed by atoms with E-state index in [9.17, 15) is 4.79 Å². The molecule has 3 N–H and O–H groups in total. The zero-order valence-corrected chi connectivity index (χ0v) is 5.77. The summed E-state index contributed by atoms with van der Waals surface area (Å²) in [6.07, 6.45) is 0.0949. The number of primary amides is 1. The molecule has 0 atom stereocenters. The van der Waals surface area contributed by atoms with Crippen molar-refractivity contribution >= 4 is 11.6 Å². The van der Waals surface area contributed by atoms with E-state index in [1.807, 2.05) is 13.8 Å². The molecular weight excluding hydrogens is 116 g/mol. The largest absolute Gasteiger partial charge is 0.369 e. The molecule has 0 aromatic rings. The summed E-state index contributed by atoms with van der Waals surface area (Å²) >= 11 is 0. The van der Waals surface area contributed by atoms with Crippen LogP contribution in [0.3, 0.4) is 0 Å². The Hall–Kier alpha value is -0.860. The second-order valence-corrected chi connectivity index (χ2v) is 2.32. The summed E-state index contributed by atoms with van der Waals surface area (Å²) in [5, 5.41) is 7.17. The molecule has 0 aromatic carbocycles. The second kappa shape index (κ2) is 3.22. The maximum Gasteiger partial charge on any atom is 0.223 e. The van der Waals surface area contributed by atoms with Crippen molar-refractivity contribution in [3.8, 4) is 0 Å². The molecule has 0 aliphatic rings. The summed E-state index contributed by atoms with van der Waals surface area (Å²) in [6.45, 7) is 3.73. The molecule has 0 aliphatic carbocycles. The maximum atomic E-state index is 10.2. The predicted molar refractivity (Wildman–Crippen MR) is 36.4 cm³/mol. The van der Waals surface area contributed by atoms with E-state index in [0.29, 0.717) is 5.71 Å². The minimum Gasteiger partial charge on any atom is -0.369 e. The molecule has 9 heavy (non-hydrogen) atoms. The van der Waals surface area contributed by atoms with Gasteiger partial charge in [0, 0.05) is 5.71 Å². The topological polar surface area (TPSA) is 66.9 Å². The third-order valence-corrected chi connectivity index (χ3v) is 1.06. The average molecular weight is 128 g/mol. The van der Waals surface area contributed by atoms with Gasteiger partial charge in [-0.25, -0.2) is 0 Å². The number of rotatable bonds is 3. The van der Waals surface area contributed by atoms with Crippen LogP contribution in [0.1, 0.15) is 20.3 Å². The second-order valence-electron chi connectivity index (χ2n) is 2.32. The van der Waals surface area contributed by atoms with Crippen molar-refractivity contribution in [1.29, 1.82) is 5.41 Å². The first-order valence-electron chi connectivity index (χ1n) is 2.89. The van der Waals surface area contributed by atoms with Crippen molar-refractivity contribution in [3.05, 3.63) is 0 Å². The predicted octanol–water partition coefficient (Wildman–Crippen LogP) is 0.538. The quantitative estimate of drug-likeness (QED) is 0.535. The zero-order valence-electron chi connectivity index (χ0n) is 5.77. The Bertz CT molecular complexity index is 129. The molecule has 52 valence electrons. The molecule has 0 unspecified atom stereocenters. The van der Waals surface area contributed by atoms with Crippen molar-refractivity contribution < 1.29 is 4.79 Å². The summed E-state index contributed by atoms with van der Waals surface area (Å²) in [5.41, 5.74) is 5.26. The van der Waals surface area contributed by atoms with Crippen molar-refractivity contribution in [2.45, 2.75) is 20.3 Å². The molecular formula is C6H12N2O. The van der Waals surface area contributed by atoms with E-state index < -0.39 is 5.91 Å². The number of nitrogens with two attached hydrogens (primary N) is 1. The number of nitrogens with one attached hydrogen (secondary N) is 1. The van der Waals surface area contributed by atoms with Gasteiger partial charge in [0.1, 0.15) is 0 Å². The van der Waals surface area contributed by atoms with Gasteiger partial charge in [0.15, 0.2) is 0 Å². The Kier molecular flexibility index (Phi) is 2.91. The highest BCUT2D eigenvalue weighted by molar-refractivity contribution is 5.99. The van der Waals surface area contributed by atoms with Crippen LogP contribution in [0, 0.1) is 11.3 Å². The van der Waals surface area contributed by atoms with Crippen LogP contribution in [0.15, 0.2) is 0 Å². The van der Waals surface area contributed by atoms with Crippen LogP contribution in [0.25, 0.3) is 0 Å². The van der Waals surface area contributed by atoms with Gasteiger partial charge in [-0.15, -0.1) is 0 Å². The standard InChI is InChI=1S/C6H12N2O/c1-4(2)5(7)3-6(8)9/h4,7H,3H2,1-2H3,(H2,8,9). The van der Waals surface area contributed by atoms with Crippen LogP contribution in [0.2, 0.25) is 0 Å². The van der Waals surface area contributed by atoms with Crippen molar-refractivity contribution in [1.82, 2.24) is 0 Å². The molecule has 3 heteroatoms. The maximum absolute atomic E-state index is 10.2. The monoisotopic (exact) mass is 128 g/mol. The van der Waals surface area contributed by atoms with E-state index in [1.165, 1.54) is 0 Å². The molecule has 3 nitrogen and oxygen atoms in total. The van der Waals surface area contributed by atoms with Crippen molar-refractivity contribution in [2.75, 3.05) is 0 Å². The number of hydrogen-bond donors (Lipinski definition) is 2. The molecule has 0 fully saturated rings. The van der Waals surface area contributed by atoms with E-state index in [4.69, 9.17) is 11.1 Å². The van der Waals surface area contributed by atoms with Gasteiger partial charge in [0.25, 0.3) is 0 Å². The molecule has 0 bridgehead atoms. The highest BCUT2D eigenvalue weighted by atomic mass is 16.1. The molecule has 0 aromatic heterocycles. The van der Waals surface area contributed by atoms with Gasteiger partial charge >= 0.3 is 0 Å². The number of amides is 1. The lowest BCUT2D eigenvalue weighted by Gasteiger charge is -2.02. The Morgan fingerprint density at radius 1 is 1.67 bits per heavy atom. The molecule has 0 radical (unpaired) electrons. The highest BCUT2D eigenvalue weighted by Crippen LogP contribution is 1.97. The van der Waals surface area contributed by atoms with Gasteiger partial charge in [0.05, 0.1) is 6.42 Å². The number of carbonyl (C=O) groups excluding carboxylic acids is 1. The van der Waals surface area contributed by atoms with Gasteiger partial charge in [-0.2, -0.15) is 0 Å². The number of carbonyl (C=O) groups is 1. The molecule has 0 spiro atoms. The molecule has 0 saturated heterocycles. The van der Waals surface area contributed by atoms with Crippen LogP contribution in [0.5, 0.6) is 0 Å². The van der Waals surface area contributed by atoms with Crippen LogP contribution in [-0.4, -0.2) is 11.6 Å². The van der Waals surface area contributed by atoms with Crippen molar-refractivity contribution in [2.24, 2.45) is 11.7 Å². The van der Waals surface area contributed by atoms with Crippen LogP contribution < -0.4 is 5.73 Å². The summed E-state index contributed by atoms with van der Waals surface area (Å²) < 4.78 is 0. The molecule has 1 amide bonds. The Labute approximate surface area is 54.8 Å². The van der Waals surface area contributed by atoms with Crippen LogP contribution >= 0.6 is 0 Å². The van der Waals surface area contributed by atoms with Gasteiger partial charge < -0.3 is 11.1 Å². The molecule has 0 aliphatic heterocycles. The fraction of sp³-hybridized carbons (Fsp3) is 0.667. The third-order valence-electron chi connectivity index (χ3n) is 1.06. The lowest BCUT2D eigenvalue weighted by atomic mass is 10.1. The summed E-state index contributed by atoms with van der Waals surface area (Å²) in [4.78, 5) is 10.2. The van der Waals surface area contributed by atoms with Gasteiger partial charge in [0.2, 0.25) is 5.91 Å². The zero-order chi connectivity index (χ0) is 7.44. The van der Waals surface area contributed by atoms with Gasteiger partial charge in [-0.3, -0.25) is 4.79 Å². The first-order chi connectivity index (χ1) is 4.04. The fourth-order valence-corrected chi connectivity index (χ4v) is 0.392. The molecule has 0 heterocycles. The fourth-order valence-electron chi connectivity index (χ4n) is 0.392. The normalized spacial score (nSPS) is 9.67. The Morgan fingerprint density at radius 3 is 2.22 bits per heavy atom. The molecule has 0 rings (SSSR count). The van der Waals surface area contributed by atoms with Gasteiger partial charge in [-0.1, -0.05) is 13.8 Å². The first kappa shape index (κ1) is 8.14.